The molecule has 0 aromatic heterocycles. The van der Waals surface area contributed by atoms with Gasteiger partial charge >= 0.3 is 289 Å². The fourth-order valence-corrected chi connectivity index (χ4v) is 30.2. The fourth-order valence-electron chi connectivity index (χ4n) is 9.85. The summed E-state index contributed by atoms with van der Waals surface area (Å²) in [5, 5.41) is 0. The number of fused-ring (bicyclic) bond motifs is 2. The first kappa shape index (κ1) is 38.3. The Labute approximate surface area is 311 Å². The maximum atomic E-state index is 2.82. The maximum Gasteiger partial charge on any atom is -0.147 e. The van der Waals surface area contributed by atoms with E-state index in [-0.39, 0.29) is 24.8 Å². The summed E-state index contributed by atoms with van der Waals surface area (Å²) < 4.78 is 6.75. The molecule has 0 heterocycles. The molecule has 3 aliphatic carbocycles. The van der Waals surface area contributed by atoms with Gasteiger partial charge in [-0.05, 0) is 0 Å². The van der Waals surface area contributed by atoms with E-state index in [0.717, 1.165) is 0 Å². The van der Waals surface area contributed by atoms with Crippen molar-refractivity contribution in [3.8, 4) is 22.3 Å². The molecule has 4 heteroatoms. The van der Waals surface area contributed by atoms with Gasteiger partial charge in [-0.3, -0.25) is 0 Å². The van der Waals surface area contributed by atoms with Gasteiger partial charge < -0.3 is 0 Å². The van der Waals surface area contributed by atoms with E-state index >= 15 is 0 Å². The smallest absolute Gasteiger partial charge is 0.147 e. The summed E-state index contributed by atoms with van der Waals surface area (Å²) in [6.07, 6.45) is 12.2. The van der Waals surface area contributed by atoms with E-state index in [0.29, 0.717) is 25.0 Å². The van der Waals surface area contributed by atoms with Gasteiger partial charge in [0, 0.05) is 0 Å². The minimum atomic E-state index is -3.69. The van der Waals surface area contributed by atoms with Crippen molar-refractivity contribution in [2.45, 2.75) is 95.1 Å². The van der Waals surface area contributed by atoms with Crippen LogP contribution in [0.15, 0.2) is 96.1 Å². The maximum absolute atomic E-state index is 3.69. The number of halogens is 2. The van der Waals surface area contributed by atoms with Gasteiger partial charge in [0.05, 0.1) is 0 Å². The van der Waals surface area contributed by atoms with Crippen LogP contribution in [0.3, 0.4) is 0 Å². The van der Waals surface area contributed by atoms with E-state index in [9.17, 15) is 0 Å². The molecule has 1 saturated carbocycles. The van der Waals surface area contributed by atoms with Crippen LogP contribution >= 0.6 is 24.8 Å². The Hall–Kier alpha value is -1.96. The molecule has 0 spiro atoms. The van der Waals surface area contributed by atoms with E-state index in [1.165, 1.54) is 76.6 Å². The second-order valence-corrected chi connectivity index (χ2v) is 47.3. The molecular weight excluding hydrogens is 731 g/mol. The van der Waals surface area contributed by atoms with Gasteiger partial charge in [-0.1, -0.05) is 0 Å². The second kappa shape index (κ2) is 14.6. The van der Waals surface area contributed by atoms with Crippen molar-refractivity contribution in [2.75, 3.05) is 0 Å². The number of hydrogen-bond acceptors (Lipinski definition) is 0. The van der Waals surface area contributed by atoms with Gasteiger partial charge in [-0.2, -0.15) is 0 Å². The molecule has 0 bridgehead atoms. The van der Waals surface area contributed by atoms with Crippen molar-refractivity contribution in [2.24, 2.45) is 5.92 Å². The summed E-state index contributed by atoms with van der Waals surface area (Å²) >= 11 is -3.69. The fraction of sp³-hybridized carbons (Fsp3) is 0.378. The van der Waals surface area contributed by atoms with E-state index < -0.39 is 17.4 Å². The number of rotatable bonds is 7. The number of hydrogen-bond donors (Lipinski definition) is 0. The van der Waals surface area contributed by atoms with Crippen molar-refractivity contribution in [3.05, 3.63) is 129 Å². The molecule has 2 unspecified atom stereocenters. The van der Waals surface area contributed by atoms with Gasteiger partial charge in [0.25, 0.3) is 0 Å². The van der Waals surface area contributed by atoms with Crippen LogP contribution in [0.25, 0.3) is 34.4 Å². The predicted octanol–water partition coefficient (Wildman–Crippen LogP) is 13.6. The summed E-state index contributed by atoms with van der Waals surface area (Å²) in [4.78, 5) is 0. The van der Waals surface area contributed by atoms with Crippen LogP contribution < -0.4 is 0 Å². The van der Waals surface area contributed by atoms with Crippen LogP contribution in [0.1, 0.15) is 119 Å². The van der Waals surface area contributed by atoms with Gasteiger partial charge in [0.2, 0.25) is 0 Å². The summed E-state index contributed by atoms with van der Waals surface area (Å²) in [6, 6.07) is 33.3. The molecule has 0 aliphatic heterocycles. The number of benzene rings is 4. The Balaban J connectivity index is 0.00000234. The molecule has 1 fully saturated rings. The third-order valence-electron chi connectivity index (χ3n) is 12.1. The Kier molecular flexibility index (Phi) is 11.4. The van der Waals surface area contributed by atoms with Crippen molar-refractivity contribution >= 4 is 43.8 Å². The SMILES string of the molecule is CC1=Cc2c(-c3ccc(C(C)C)cc3)cccc2[CH]1[Zr]([CH3])([CH3])(=[SiH2])[CH]1C(C2CCCCC2)=Cc2c(-c3ccc(C(C)C)cc3)cccc21.Cl.Cl. The van der Waals surface area contributed by atoms with Gasteiger partial charge in [0.15, 0.2) is 0 Å². The van der Waals surface area contributed by atoms with Gasteiger partial charge in [-0.25, -0.2) is 0 Å². The molecule has 0 amide bonds. The summed E-state index contributed by atoms with van der Waals surface area (Å²) in [7, 11) is 0. The largest absolute Gasteiger partial charge is 0.147 e. The molecule has 0 nitrogen and oxygen atoms in total. The molecular formula is C45H56Cl2SiZr. The summed E-state index contributed by atoms with van der Waals surface area (Å²) in [5.74, 6) is 1.81. The van der Waals surface area contributed by atoms with Crippen LogP contribution in [0.2, 0.25) is 9.26 Å². The molecule has 7 rings (SSSR count). The molecule has 0 saturated heterocycles. The van der Waals surface area contributed by atoms with Crippen molar-refractivity contribution in [1.29, 1.82) is 0 Å². The predicted molar refractivity (Wildman–Crippen MR) is 220 cm³/mol. The summed E-state index contributed by atoms with van der Waals surface area (Å²) in [6.45, 7) is 14.1. The third-order valence-corrected chi connectivity index (χ3v) is 29.7. The Morgan fingerprint density at radius 3 is 1.51 bits per heavy atom. The van der Waals surface area contributed by atoms with Gasteiger partial charge in [-0.15, -0.1) is 24.8 Å². The van der Waals surface area contributed by atoms with Crippen LogP contribution in [-0.4, -0.2) is 6.88 Å². The van der Waals surface area contributed by atoms with Crippen molar-refractivity contribution in [1.82, 2.24) is 0 Å². The number of allylic oxidation sites excluding steroid dienone is 2. The first-order valence-corrected chi connectivity index (χ1v) is 32.0. The molecule has 4 aromatic carbocycles. The molecule has 4 aromatic rings. The first-order valence-electron chi connectivity index (χ1n) is 18.4. The molecule has 258 valence electrons. The topological polar surface area (TPSA) is 0 Å². The summed E-state index contributed by atoms with van der Waals surface area (Å²) in [5.41, 5.74) is 18.0. The average molecular weight is 787 g/mol. The molecule has 2 atom stereocenters. The Morgan fingerprint density at radius 1 is 0.592 bits per heavy atom. The Bertz CT molecular complexity index is 1950. The second-order valence-electron chi connectivity index (χ2n) is 16.8. The zero-order chi connectivity index (χ0) is 33.1. The molecule has 0 radical (unpaired) electrons. The minimum Gasteiger partial charge on any atom is -0.147 e. The quantitative estimate of drug-likeness (QED) is 0.164. The monoisotopic (exact) mass is 784 g/mol. The van der Waals surface area contributed by atoms with E-state index in [1.807, 2.05) is 0 Å². The van der Waals surface area contributed by atoms with E-state index in [1.54, 1.807) is 22.3 Å². The van der Waals surface area contributed by atoms with Crippen LogP contribution in [-0.2, 0) is 17.4 Å². The zero-order valence-electron chi connectivity index (χ0n) is 30.7. The molecule has 3 aliphatic rings. The van der Waals surface area contributed by atoms with Crippen LogP contribution in [0.4, 0.5) is 0 Å². The minimum absolute atomic E-state index is 0. The zero-order valence-corrected chi connectivity index (χ0v) is 36.2. The standard InChI is InChI=1S/C24H27.C19H19.2CH3.2ClH.H2Si.Zr/c1-17(2)18-11-13-20(14-12-18)23-10-6-9-21-15-22(16-24(21)23)19-7-4-3-5-8-19;1-13(2)15-7-9-16(10-8-15)18-6-4-5-17-11-14(3)12-19(17)18;;;;;;/h6,9-17,19H,3-5,7-8H2,1-2H3;4-13H,1-3H3;2*1H3;2*1H;1H2;. The first-order chi connectivity index (χ1) is 22.4. The van der Waals surface area contributed by atoms with Crippen molar-refractivity contribution < 1.29 is 17.4 Å². The third kappa shape index (κ3) is 6.87. The molecule has 49 heavy (non-hydrogen) atoms. The van der Waals surface area contributed by atoms with Crippen molar-refractivity contribution in [3.63, 3.8) is 0 Å². The van der Waals surface area contributed by atoms with E-state index in [4.69, 9.17) is 0 Å². The normalized spacial score (nSPS) is 19.1. The average Bonchev–Trinajstić information content (AvgIpc) is 3.64. The van der Waals surface area contributed by atoms with Crippen LogP contribution in [0.5, 0.6) is 0 Å². The van der Waals surface area contributed by atoms with Crippen LogP contribution in [0, 0.1) is 5.92 Å². The Morgan fingerprint density at radius 2 is 1.04 bits per heavy atom. The van der Waals surface area contributed by atoms with Gasteiger partial charge in [0.1, 0.15) is 0 Å². The van der Waals surface area contributed by atoms with E-state index in [2.05, 4.69) is 148 Å². The molecule has 0 N–H and O–H groups in total.